The van der Waals surface area contributed by atoms with Crippen LogP contribution in [0.25, 0.3) is 0 Å². The van der Waals surface area contributed by atoms with Crippen molar-refractivity contribution >= 4 is 17.3 Å². The summed E-state index contributed by atoms with van der Waals surface area (Å²) in [5.41, 5.74) is -0.509. The Morgan fingerprint density at radius 2 is 2.05 bits per heavy atom. The van der Waals surface area contributed by atoms with Crippen LogP contribution in [-0.2, 0) is 4.79 Å². The molecule has 0 aliphatic rings. The number of nitro groups is 1. The van der Waals surface area contributed by atoms with Crippen molar-refractivity contribution < 1.29 is 14.1 Å². The second kappa shape index (κ2) is 7.42. The van der Waals surface area contributed by atoms with Gasteiger partial charge in [0.15, 0.2) is 0 Å². The van der Waals surface area contributed by atoms with Gasteiger partial charge in [-0.3, -0.25) is 14.9 Å². The number of hydrogen-bond donors (Lipinski definition) is 1. The lowest BCUT2D eigenvalue weighted by molar-refractivity contribution is -0.386. The third kappa shape index (κ3) is 3.91. The molecule has 6 nitrogen and oxygen atoms in total. The van der Waals surface area contributed by atoms with Gasteiger partial charge in [-0.2, -0.15) is 4.39 Å². The molecule has 0 bridgehead atoms. The van der Waals surface area contributed by atoms with Crippen LogP contribution in [0.3, 0.4) is 0 Å². The van der Waals surface area contributed by atoms with Crippen molar-refractivity contribution in [3.8, 4) is 0 Å². The van der Waals surface area contributed by atoms with Gasteiger partial charge in [-0.15, -0.1) is 0 Å². The molecule has 0 aliphatic heterocycles. The molecule has 1 amide bonds. The third-order valence-electron chi connectivity index (χ3n) is 2.94. The molecule has 1 rings (SSSR count). The number of amides is 1. The van der Waals surface area contributed by atoms with Crippen molar-refractivity contribution in [1.29, 1.82) is 0 Å². The van der Waals surface area contributed by atoms with E-state index in [4.69, 9.17) is 0 Å². The van der Waals surface area contributed by atoms with Crippen LogP contribution in [-0.4, -0.2) is 35.4 Å². The molecular formula is C13H18FN3O3. The summed E-state index contributed by atoms with van der Waals surface area (Å²) in [5, 5.41) is 13.5. The summed E-state index contributed by atoms with van der Waals surface area (Å²) in [6.45, 7) is 5.23. The monoisotopic (exact) mass is 283 g/mol. The zero-order valence-electron chi connectivity index (χ0n) is 11.6. The summed E-state index contributed by atoms with van der Waals surface area (Å²) in [5.74, 6) is -0.934. The first-order valence-corrected chi connectivity index (χ1v) is 6.45. The van der Waals surface area contributed by atoms with Crippen LogP contribution in [0.1, 0.15) is 20.3 Å². The van der Waals surface area contributed by atoms with Gasteiger partial charge < -0.3 is 10.2 Å². The zero-order valence-corrected chi connectivity index (χ0v) is 11.6. The fourth-order valence-electron chi connectivity index (χ4n) is 1.88. The number of benzene rings is 1. The molecular weight excluding hydrogens is 265 g/mol. The Labute approximate surface area is 116 Å². The number of anilines is 1. The number of rotatable bonds is 7. The van der Waals surface area contributed by atoms with Crippen LogP contribution in [0.4, 0.5) is 15.8 Å². The molecule has 0 aromatic heterocycles. The first kappa shape index (κ1) is 15.9. The summed E-state index contributed by atoms with van der Waals surface area (Å²) < 4.78 is 13.4. The molecule has 20 heavy (non-hydrogen) atoms. The first-order valence-electron chi connectivity index (χ1n) is 6.45. The van der Waals surface area contributed by atoms with E-state index in [-0.39, 0.29) is 24.6 Å². The van der Waals surface area contributed by atoms with E-state index in [1.807, 2.05) is 13.8 Å². The van der Waals surface area contributed by atoms with E-state index in [2.05, 4.69) is 5.32 Å². The van der Waals surface area contributed by atoms with Crippen molar-refractivity contribution in [2.45, 2.75) is 20.3 Å². The van der Waals surface area contributed by atoms with Crippen LogP contribution in [0.5, 0.6) is 0 Å². The molecule has 0 saturated carbocycles. The molecule has 0 heterocycles. The summed E-state index contributed by atoms with van der Waals surface area (Å²) in [6, 6.07) is 3.84. The van der Waals surface area contributed by atoms with E-state index in [9.17, 15) is 19.3 Å². The van der Waals surface area contributed by atoms with Crippen LogP contribution < -0.4 is 5.32 Å². The Bertz CT molecular complexity index is 490. The highest BCUT2D eigenvalue weighted by atomic mass is 19.1. The van der Waals surface area contributed by atoms with Crippen molar-refractivity contribution in [3.05, 3.63) is 34.1 Å². The Balaban J connectivity index is 2.65. The van der Waals surface area contributed by atoms with E-state index in [1.54, 1.807) is 4.90 Å². The van der Waals surface area contributed by atoms with Gasteiger partial charge in [-0.25, -0.2) is 0 Å². The average molecular weight is 283 g/mol. The van der Waals surface area contributed by atoms with Crippen LogP contribution in [0.15, 0.2) is 18.2 Å². The van der Waals surface area contributed by atoms with Gasteiger partial charge in [0.25, 0.3) is 0 Å². The minimum absolute atomic E-state index is 0.0402. The standard InChI is InChI=1S/C13H18FN3O3/c1-3-16(4-2)12(18)8-9-15-11-7-5-6-10(14)13(11)17(19)20/h5-7,15H,3-4,8-9H2,1-2H3. The molecule has 0 aliphatic carbocycles. The molecule has 110 valence electrons. The van der Waals surface area contributed by atoms with E-state index in [0.717, 1.165) is 6.07 Å². The highest BCUT2D eigenvalue weighted by molar-refractivity contribution is 5.77. The Kier molecular flexibility index (Phi) is 5.89. The molecule has 0 radical (unpaired) electrons. The van der Waals surface area contributed by atoms with Crippen LogP contribution in [0, 0.1) is 15.9 Å². The third-order valence-corrected chi connectivity index (χ3v) is 2.94. The zero-order chi connectivity index (χ0) is 15.1. The highest BCUT2D eigenvalue weighted by Crippen LogP contribution is 2.26. The normalized spacial score (nSPS) is 10.2. The largest absolute Gasteiger partial charge is 0.379 e. The summed E-state index contributed by atoms with van der Waals surface area (Å²) in [4.78, 5) is 23.4. The Morgan fingerprint density at radius 1 is 1.40 bits per heavy atom. The smallest absolute Gasteiger partial charge is 0.327 e. The van der Waals surface area contributed by atoms with Gasteiger partial charge in [-0.1, -0.05) is 6.07 Å². The maximum absolute atomic E-state index is 13.4. The maximum Gasteiger partial charge on any atom is 0.327 e. The lowest BCUT2D eigenvalue weighted by atomic mass is 10.2. The molecule has 7 heteroatoms. The minimum Gasteiger partial charge on any atom is -0.379 e. The van der Waals surface area contributed by atoms with E-state index in [0.29, 0.717) is 13.1 Å². The van der Waals surface area contributed by atoms with Gasteiger partial charge in [0.05, 0.1) is 4.92 Å². The molecule has 0 spiro atoms. The predicted molar refractivity (Wildman–Crippen MR) is 74.1 cm³/mol. The van der Waals surface area contributed by atoms with Crippen LogP contribution in [0.2, 0.25) is 0 Å². The van der Waals surface area contributed by atoms with Crippen LogP contribution >= 0.6 is 0 Å². The quantitative estimate of drug-likeness (QED) is 0.616. The SMILES string of the molecule is CCN(CC)C(=O)CCNc1cccc(F)c1[N+](=O)[O-]. The van der Waals surface area contributed by atoms with E-state index >= 15 is 0 Å². The number of nitrogens with zero attached hydrogens (tertiary/aromatic N) is 2. The van der Waals surface area contributed by atoms with E-state index < -0.39 is 16.4 Å². The minimum atomic E-state index is -0.893. The number of carbonyl (C=O) groups is 1. The number of halogens is 1. The summed E-state index contributed by atoms with van der Waals surface area (Å²) in [6.07, 6.45) is 0.204. The van der Waals surface area contributed by atoms with Crippen molar-refractivity contribution in [2.24, 2.45) is 0 Å². The van der Waals surface area contributed by atoms with Crippen molar-refractivity contribution in [3.63, 3.8) is 0 Å². The second-order valence-electron chi connectivity index (χ2n) is 4.14. The fourth-order valence-corrected chi connectivity index (χ4v) is 1.88. The average Bonchev–Trinajstić information content (AvgIpc) is 2.39. The van der Waals surface area contributed by atoms with Gasteiger partial charge in [0, 0.05) is 26.1 Å². The summed E-state index contributed by atoms with van der Waals surface area (Å²) in [7, 11) is 0. The Hall–Kier alpha value is -2.18. The number of nitrogens with one attached hydrogen (secondary N) is 1. The van der Waals surface area contributed by atoms with Crippen molar-refractivity contribution in [2.75, 3.05) is 25.0 Å². The van der Waals surface area contributed by atoms with Crippen molar-refractivity contribution in [1.82, 2.24) is 4.90 Å². The lowest BCUT2D eigenvalue weighted by Crippen LogP contribution is -2.31. The second-order valence-corrected chi connectivity index (χ2v) is 4.14. The number of carbonyl (C=O) groups excluding carboxylic acids is 1. The summed E-state index contributed by atoms with van der Waals surface area (Å²) >= 11 is 0. The molecule has 0 atom stereocenters. The molecule has 0 saturated heterocycles. The topological polar surface area (TPSA) is 75.5 Å². The molecule has 1 aromatic rings. The number of hydrogen-bond acceptors (Lipinski definition) is 4. The van der Waals surface area contributed by atoms with Gasteiger partial charge in [0.1, 0.15) is 5.69 Å². The number of nitro benzene ring substituents is 1. The van der Waals surface area contributed by atoms with Gasteiger partial charge in [0.2, 0.25) is 11.7 Å². The molecule has 1 aromatic carbocycles. The van der Waals surface area contributed by atoms with Gasteiger partial charge in [-0.05, 0) is 26.0 Å². The first-order chi connectivity index (χ1) is 9.51. The highest BCUT2D eigenvalue weighted by Gasteiger charge is 2.19. The molecule has 0 unspecified atom stereocenters. The Morgan fingerprint density at radius 3 is 2.60 bits per heavy atom. The maximum atomic E-state index is 13.4. The van der Waals surface area contributed by atoms with E-state index in [1.165, 1.54) is 12.1 Å². The number of para-hydroxylation sites is 1. The lowest BCUT2D eigenvalue weighted by Gasteiger charge is -2.18. The molecule has 0 fully saturated rings. The fraction of sp³-hybridized carbons (Fsp3) is 0.462. The molecule has 1 N–H and O–H groups in total. The van der Waals surface area contributed by atoms with Gasteiger partial charge >= 0.3 is 5.69 Å². The predicted octanol–water partition coefficient (Wildman–Crippen LogP) is 2.40.